The predicted octanol–water partition coefficient (Wildman–Crippen LogP) is 24.6. The lowest BCUT2D eigenvalue weighted by Gasteiger charge is -2.18. The van der Waals surface area contributed by atoms with E-state index in [2.05, 4.69) is 45.1 Å². The van der Waals surface area contributed by atoms with Gasteiger partial charge in [0.1, 0.15) is 13.2 Å². The van der Waals surface area contributed by atoms with E-state index < -0.39 is 6.10 Å². The molecule has 0 saturated heterocycles. The highest BCUT2D eigenvalue weighted by Crippen LogP contribution is 2.19. The van der Waals surface area contributed by atoms with Crippen LogP contribution in [0.15, 0.2) is 24.3 Å². The van der Waals surface area contributed by atoms with Crippen LogP contribution in [0.25, 0.3) is 0 Å². The van der Waals surface area contributed by atoms with Crippen molar-refractivity contribution in [2.75, 3.05) is 13.2 Å². The van der Waals surface area contributed by atoms with Gasteiger partial charge < -0.3 is 14.2 Å². The van der Waals surface area contributed by atoms with Gasteiger partial charge in [-0.15, -0.1) is 0 Å². The van der Waals surface area contributed by atoms with Crippen molar-refractivity contribution in [1.82, 2.24) is 0 Å². The van der Waals surface area contributed by atoms with Gasteiger partial charge >= 0.3 is 17.9 Å². The zero-order chi connectivity index (χ0) is 57.1. The molecule has 0 spiro atoms. The molecule has 6 nitrogen and oxygen atoms in total. The van der Waals surface area contributed by atoms with E-state index >= 15 is 0 Å². The fraction of sp³-hybridized carbons (Fsp3) is 0.904. The molecule has 0 aromatic heterocycles. The van der Waals surface area contributed by atoms with Crippen molar-refractivity contribution in [2.24, 2.45) is 0 Å². The summed E-state index contributed by atoms with van der Waals surface area (Å²) in [7, 11) is 0. The van der Waals surface area contributed by atoms with Crippen LogP contribution in [0.2, 0.25) is 0 Å². The van der Waals surface area contributed by atoms with Crippen LogP contribution in [0.5, 0.6) is 0 Å². The van der Waals surface area contributed by atoms with Gasteiger partial charge in [0, 0.05) is 19.3 Å². The van der Waals surface area contributed by atoms with Gasteiger partial charge in [-0.25, -0.2) is 0 Å². The highest BCUT2D eigenvalue weighted by atomic mass is 16.6. The van der Waals surface area contributed by atoms with E-state index in [0.717, 1.165) is 70.6 Å². The Hall–Kier alpha value is -2.11. The molecule has 1 atom stereocenters. The topological polar surface area (TPSA) is 78.9 Å². The molecule has 0 aromatic rings. The van der Waals surface area contributed by atoms with Gasteiger partial charge in [0.05, 0.1) is 0 Å². The molecule has 466 valence electrons. The lowest BCUT2D eigenvalue weighted by atomic mass is 10.0. The van der Waals surface area contributed by atoms with Gasteiger partial charge in [0.2, 0.25) is 0 Å². The minimum Gasteiger partial charge on any atom is -0.462 e. The van der Waals surface area contributed by atoms with Gasteiger partial charge in [-0.3, -0.25) is 14.4 Å². The highest BCUT2D eigenvalue weighted by Gasteiger charge is 2.19. The van der Waals surface area contributed by atoms with Crippen molar-refractivity contribution < 1.29 is 28.6 Å². The smallest absolute Gasteiger partial charge is 0.306 e. The summed E-state index contributed by atoms with van der Waals surface area (Å²) >= 11 is 0. The zero-order valence-electron chi connectivity index (χ0n) is 53.7. The van der Waals surface area contributed by atoms with Crippen molar-refractivity contribution >= 4 is 17.9 Å². The van der Waals surface area contributed by atoms with Gasteiger partial charge in [-0.2, -0.15) is 0 Å². The Balaban J connectivity index is 4.26. The molecular weight excluding hydrogens is 973 g/mol. The van der Waals surface area contributed by atoms with Crippen LogP contribution in [0.3, 0.4) is 0 Å². The minimum atomic E-state index is -0.772. The molecule has 0 aliphatic heterocycles. The molecule has 0 aliphatic carbocycles. The van der Waals surface area contributed by atoms with E-state index in [9.17, 15) is 14.4 Å². The molecule has 0 amide bonds. The number of rotatable bonds is 67. The molecule has 0 heterocycles. The Labute approximate surface area is 493 Å². The summed E-state index contributed by atoms with van der Waals surface area (Å²) in [6, 6.07) is 0. The first-order valence-electron chi connectivity index (χ1n) is 35.8. The van der Waals surface area contributed by atoms with Crippen LogP contribution in [0.4, 0.5) is 0 Å². The maximum atomic E-state index is 13.0. The third-order valence-corrected chi connectivity index (χ3v) is 16.5. The zero-order valence-corrected chi connectivity index (χ0v) is 53.7. The summed E-state index contributed by atoms with van der Waals surface area (Å²) in [4.78, 5) is 38.5. The van der Waals surface area contributed by atoms with E-state index in [1.54, 1.807) is 0 Å². The number of hydrogen-bond acceptors (Lipinski definition) is 6. The van der Waals surface area contributed by atoms with E-state index in [4.69, 9.17) is 14.2 Å². The standard InChI is InChI=1S/C73H138O6/c1-4-7-10-13-16-19-22-25-28-31-33-34-35-36-37-38-40-42-45-48-51-54-57-60-63-66-72(75)78-69-70(68-77-71(74)65-62-59-56-53-50-47-44-41-30-27-24-21-18-15-12-9-6-3)79-73(76)67-64-61-58-55-52-49-46-43-39-32-29-26-23-20-17-14-11-8-5-2/h18,21,27,30,70H,4-17,19-20,22-26,28-29,31-69H2,1-3H3/b21-18-,30-27-. The van der Waals surface area contributed by atoms with Gasteiger partial charge in [-0.05, 0) is 51.4 Å². The van der Waals surface area contributed by atoms with Gasteiger partial charge in [0.15, 0.2) is 6.10 Å². The summed E-state index contributed by atoms with van der Waals surface area (Å²) in [5.74, 6) is -0.840. The van der Waals surface area contributed by atoms with Crippen molar-refractivity contribution in [3.63, 3.8) is 0 Å². The van der Waals surface area contributed by atoms with Crippen LogP contribution in [0, 0.1) is 0 Å². The molecule has 1 unspecified atom stereocenters. The van der Waals surface area contributed by atoms with E-state index in [-0.39, 0.29) is 31.1 Å². The fourth-order valence-electron chi connectivity index (χ4n) is 11.1. The average Bonchev–Trinajstić information content (AvgIpc) is 3.45. The van der Waals surface area contributed by atoms with Gasteiger partial charge in [0.25, 0.3) is 0 Å². The maximum absolute atomic E-state index is 13.0. The number of carbonyl (C=O) groups excluding carboxylic acids is 3. The van der Waals surface area contributed by atoms with Crippen molar-refractivity contribution in [1.29, 1.82) is 0 Å². The minimum absolute atomic E-state index is 0.0670. The Morgan fingerprint density at radius 3 is 0.722 bits per heavy atom. The van der Waals surface area contributed by atoms with Crippen molar-refractivity contribution in [3.8, 4) is 0 Å². The van der Waals surface area contributed by atoms with Crippen molar-refractivity contribution in [3.05, 3.63) is 24.3 Å². The van der Waals surface area contributed by atoms with Crippen LogP contribution in [-0.4, -0.2) is 37.2 Å². The summed E-state index contributed by atoms with van der Waals surface area (Å²) in [5.41, 5.74) is 0. The molecule has 0 aliphatic rings. The third kappa shape index (κ3) is 66.6. The van der Waals surface area contributed by atoms with Crippen LogP contribution in [-0.2, 0) is 28.6 Å². The molecular formula is C73H138O6. The van der Waals surface area contributed by atoms with Crippen LogP contribution in [0.1, 0.15) is 406 Å². The number of allylic oxidation sites excluding steroid dienone is 4. The predicted molar refractivity (Wildman–Crippen MR) is 344 cm³/mol. The first kappa shape index (κ1) is 76.9. The number of carbonyl (C=O) groups is 3. The second kappa shape index (κ2) is 68.4. The molecule has 0 aromatic carbocycles. The van der Waals surface area contributed by atoms with Gasteiger partial charge in [-0.1, -0.05) is 360 Å². The molecule has 6 heteroatoms. The third-order valence-electron chi connectivity index (χ3n) is 16.5. The molecule has 79 heavy (non-hydrogen) atoms. The van der Waals surface area contributed by atoms with Crippen molar-refractivity contribution in [2.45, 2.75) is 412 Å². The van der Waals surface area contributed by atoms with E-state index in [0.29, 0.717) is 19.3 Å². The molecule has 0 rings (SSSR count). The molecule has 0 N–H and O–H groups in total. The summed E-state index contributed by atoms with van der Waals surface area (Å²) in [5, 5.41) is 0. The Morgan fingerprint density at radius 1 is 0.253 bits per heavy atom. The fourth-order valence-corrected chi connectivity index (χ4v) is 11.1. The molecule has 0 radical (unpaired) electrons. The molecule has 0 bridgehead atoms. The van der Waals surface area contributed by atoms with Crippen LogP contribution < -0.4 is 0 Å². The molecule has 0 fully saturated rings. The lowest BCUT2D eigenvalue weighted by Crippen LogP contribution is -2.30. The summed E-state index contributed by atoms with van der Waals surface area (Å²) in [6.07, 6.45) is 83.5. The maximum Gasteiger partial charge on any atom is 0.306 e. The first-order chi connectivity index (χ1) is 39.0. The number of esters is 3. The quantitative estimate of drug-likeness (QED) is 0.0261. The number of ether oxygens (including phenoxy) is 3. The van der Waals surface area contributed by atoms with E-state index in [1.807, 2.05) is 0 Å². The SMILES string of the molecule is CCCCC/C=C\C/C=C\CCCCCCCCCC(=O)OCC(COC(=O)CCCCCCCCCCCCCCCCCCCCCCCCCCC)OC(=O)CCCCCCCCCCCCCCCCCCCCC. The van der Waals surface area contributed by atoms with Crippen LogP contribution >= 0.6 is 0 Å². The highest BCUT2D eigenvalue weighted by molar-refractivity contribution is 5.71. The van der Waals surface area contributed by atoms with E-state index in [1.165, 1.54) is 295 Å². The second-order valence-electron chi connectivity index (χ2n) is 24.5. The number of hydrogen-bond donors (Lipinski definition) is 0. The monoisotopic (exact) mass is 1110 g/mol. The lowest BCUT2D eigenvalue weighted by molar-refractivity contribution is -0.167. The average molecular weight is 1110 g/mol. The summed E-state index contributed by atoms with van der Waals surface area (Å²) < 4.78 is 17.0. The largest absolute Gasteiger partial charge is 0.462 e. The first-order valence-corrected chi connectivity index (χ1v) is 35.8. The molecule has 0 saturated carbocycles. The summed E-state index contributed by atoms with van der Waals surface area (Å²) in [6.45, 7) is 6.70. The Kier molecular flexibility index (Phi) is 66.6. The normalized spacial score (nSPS) is 12.1. The Bertz CT molecular complexity index is 1270. The second-order valence-corrected chi connectivity index (χ2v) is 24.5. The Morgan fingerprint density at radius 2 is 0.456 bits per heavy atom. The number of unbranched alkanes of at least 4 members (excludes halogenated alkanes) is 52.